The lowest BCUT2D eigenvalue weighted by Gasteiger charge is -2.08. The first-order valence-corrected chi connectivity index (χ1v) is 4.68. The second kappa shape index (κ2) is 5.31. The maximum Gasteiger partial charge on any atom is 0.335 e. The van der Waals surface area contributed by atoms with Crippen LogP contribution in [0.25, 0.3) is 0 Å². The fourth-order valence-corrected chi connectivity index (χ4v) is 0.944. The Balaban J connectivity index is 2.54. The molecule has 0 aliphatic rings. The molecule has 1 unspecified atom stereocenters. The van der Waals surface area contributed by atoms with Gasteiger partial charge in [-0.15, -0.1) is 0 Å². The molecule has 5 heteroatoms. The van der Waals surface area contributed by atoms with Crippen molar-refractivity contribution in [2.75, 3.05) is 6.54 Å². The number of aliphatic hydroxyl groups excluding tert-OH is 1. The number of hydrogen-bond donors (Lipinski definition) is 2. The van der Waals surface area contributed by atoms with Crippen molar-refractivity contribution in [2.45, 2.75) is 19.4 Å². The number of carbonyl (C=O) groups excluding carboxylic acids is 1. The van der Waals surface area contributed by atoms with E-state index in [1.807, 2.05) is 6.92 Å². The highest BCUT2D eigenvalue weighted by molar-refractivity contribution is 5.93. The molecule has 5 nitrogen and oxygen atoms in total. The minimum Gasteiger partial charge on any atom is -0.430 e. The van der Waals surface area contributed by atoms with Crippen LogP contribution in [0.4, 0.5) is 0 Å². The summed E-state index contributed by atoms with van der Waals surface area (Å²) in [6, 6.07) is 2.55. The molecular formula is C10H13NO4. The molecule has 1 atom stereocenters. The quantitative estimate of drug-likeness (QED) is 0.742. The fraction of sp³-hybridized carbons (Fsp3) is 0.400. The molecule has 0 aliphatic carbocycles. The van der Waals surface area contributed by atoms with Gasteiger partial charge in [-0.1, -0.05) is 6.92 Å². The largest absolute Gasteiger partial charge is 0.430 e. The first-order valence-electron chi connectivity index (χ1n) is 4.68. The molecule has 15 heavy (non-hydrogen) atoms. The van der Waals surface area contributed by atoms with Crippen molar-refractivity contribution in [3.63, 3.8) is 0 Å². The van der Waals surface area contributed by atoms with Gasteiger partial charge in [0.05, 0.1) is 11.7 Å². The van der Waals surface area contributed by atoms with E-state index in [2.05, 4.69) is 9.73 Å². The number of rotatable bonds is 4. The molecule has 1 heterocycles. The van der Waals surface area contributed by atoms with E-state index in [4.69, 9.17) is 0 Å². The van der Waals surface area contributed by atoms with E-state index in [1.54, 1.807) is 0 Å². The van der Waals surface area contributed by atoms with Crippen LogP contribution in [-0.4, -0.2) is 23.7 Å². The van der Waals surface area contributed by atoms with Crippen LogP contribution in [0.3, 0.4) is 0 Å². The normalized spacial score (nSPS) is 12.1. The predicted octanol–water partition coefficient (Wildman–Crippen LogP) is 0.141. The van der Waals surface area contributed by atoms with Gasteiger partial charge in [-0.2, -0.15) is 0 Å². The van der Waals surface area contributed by atoms with Gasteiger partial charge in [-0.3, -0.25) is 4.79 Å². The lowest BCUT2D eigenvalue weighted by Crippen LogP contribution is -2.31. The number of hydrogen-bond acceptors (Lipinski definition) is 4. The first kappa shape index (κ1) is 11.5. The highest BCUT2D eigenvalue weighted by Crippen LogP contribution is 1.95. The zero-order valence-electron chi connectivity index (χ0n) is 8.40. The van der Waals surface area contributed by atoms with E-state index in [0.29, 0.717) is 6.42 Å². The summed E-state index contributed by atoms with van der Waals surface area (Å²) >= 11 is 0. The molecule has 0 aromatic carbocycles. The summed E-state index contributed by atoms with van der Waals surface area (Å²) in [5.41, 5.74) is -0.238. The zero-order valence-corrected chi connectivity index (χ0v) is 8.40. The molecule has 1 rings (SSSR count). The van der Waals surface area contributed by atoms with E-state index >= 15 is 0 Å². The highest BCUT2D eigenvalue weighted by Gasteiger charge is 2.07. The topological polar surface area (TPSA) is 79.5 Å². The molecule has 0 bridgehead atoms. The smallest absolute Gasteiger partial charge is 0.335 e. The van der Waals surface area contributed by atoms with Crippen molar-refractivity contribution in [3.8, 4) is 0 Å². The molecule has 1 amide bonds. The van der Waals surface area contributed by atoms with Crippen LogP contribution < -0.4 is 10.9 Å². The summed E-state index contributed by atoms with van der Waals surface area (Å²) in [5, 5.41) is 11.7. The van der Waals surface area contributed by atoms with E-state index < -0.39 is 11.7 Å². The van der Waals surface area contributed by atoms with Crippen LogP contribution in [-0.2, 0) is 0 Å². The van der Waals surface area contributed by atoms with Crippen molar-refractivity contribution in [2.24, 2.45) is 0 Å². The number of aliphatic hydroxyl groups is 1. The standard InChI is InChI=1S/C10H13NO4/c1-2-8(12)5-11-10(14)7-3-4-9(13)15-6-7/h3-4,6,8,12H,2,5H2,1H3,(H,11,14). The summed E-state index contributed by atoms with van der Waals surface area (Å²) in [6.07, 6.45) is 1.12. The van der Waals surface area contributed by atoms with Crippen molar-refractivity contribution < 1.29 is 14.3 Å². The summed E-state index contributed by atoms with van der Waals surface area (Å²) in [7, 11) is 0. The van der Waals surface area contributed by atoms with Gasteiger partial charge in [-0.05, 0) is 12.5 Å². The molecule has 1 aromatic rings. The Hall–Kier alpha value is -1.62. The SMILES string of the molecule is CCC(O)CNC(=O)c1ccc(=O)oc1. The van der Waals surface area contributed by atoms with Gasteiger partial charge in [-0.25, -0.2) is 4.79 Å². The van der Waals surface area contributed by atoms with Gasteiger partial charge in [0.1, 0.15) is 6.26 Å². The Bertz CT molecular complexity index is 365. The monoisotopic (exact) mass is 211 g/mol. The lowest BCUT2D eigenvalue weighted by molar-refractivity contribution is 0.0911. The third kappa shape index (κ3) is 3.55. The minimum atomic E-state index is -0.551. The molecule has 0 spiro atoms. The van der Waals surface area contributed by atoms with Gasteiger partial charge in [0.15, 0.2) is 0 Å². The lowest BCUT2D eigenvalue weighted by atomic mass is 10.2. The Labute approximate surface area is 86.7 Å². The summed E-state index contributed by atoms with van der Waals surface area (Å²) in [5.74, 6) is -0.369. The van der Waals surface area contributed by atoms with E-state index in [1.165, 1.54) is 12.1 Å². The average Bonchev–Trinajstić information content (AvgIpc) is 2.26. The summed E-state index contributed by atoms with van der Waals surface area (Å²) in [6.45, 7) is 2.01. The first-order chi connectivity index (χ1) is 7.13. The highest BCUT2D eigenvalue weighted by atomic mass is 16.4. The van der Waals surface area contributed by atoms with Crippen LogP contribution in [0.5, 0.6) is 0 Å². The zero-order chi connectivity index (χ0) is 11.3. The molecule has 2 N–H and O–H groups in total. The third-order valence-corrected chi connectivity index (χ3v) is 1.93. The Morgan fingerprint density at radius 1 is 1.60 bits per heavy atom. The molecule has 0 fully saturated rings. The molecule has 1 aromatic heterocycles. The number of carbonyl (C=O) groups is 1. The third-order valence-electron chi connectivity index (χ3n) is 1.93. The fourth-order valence-electron chi connectivity index (χ4n) is 0.944. The van der Waals surface area contributed by atoms with Crippen LogP contribution in [0.2, 0.25) is 0 Å². The second-order valence-electron chi connectivity index (χ2n) is 3.12. The number of amides is 1. The van der Waals surface area contributed by atoms with Gasteiger partial charge in [0.25, 0.3) is 5.91 Å². The Morgan fingerprint density at radius 2 is 2.33 bits per heavy atom. The molecule has 82 valence electrons. The predicted molar refractivity (Wildman–Crippen MR) is 53.6 cm³/mol. The van der Waals surface area contributed by atoms with Crippen molar-refractivity contribution in [3.05, 3.63) is 34.4 Å². The summed E-state index contributed by atoms with van der Waals surface area (Å²) < 4.78 is 4.53. The van der Waals surface area contributed by atoms with Crippen molar-refractivity contribution in [1.82, 2.24) is 5.32 Å². The van der Waals surface area contributed by atoms with Crippen molar-refractivity contribution in [1.29, 1.82) is 0 Å². The van der Waals surface area contributed by atoms with E-state index in [-0.39, 0.29) is 18.0 Å². The molecule has 0 radical (unpaired) electrons. The van der Waals surface area contributed by atoms with Crippen LogP contribution >= 0.6 is 0 Å². The van der Waals surface area contributed by atoms with Crippen molar-refractivity contribution >= 4 is 5.91 Å². The van der Waals surface area contributed by atoms with Crippen LogP contribution in [0, 0.1) is 0 Å². The van der Waals surface area contributed by atoms with Gasteiger partial charge in [0.2, 0.25) is 0 Å². The Kier molecular flexibility index (Phi) is 4.05. The maximum atomic E-state index is 11.4. The van der Waals surface area contributed by atoms with E-state index in [9.17, 15) is 14.7 Å². The molecular weight excluding hydrogens is 198 g/mol. The Morgan fingerprint density at radius 3 is 2.87 bits per heavy atom. The minimum absolute atomic E-state index is 0.189. The second-order valence-corrected chi connectivity index (χ2v) is 3.12. The van der Waals surface area contributed by atoms with Crippen LogP contribution in [0.15, 0.2) is 27.6 Å². The van der Waals surface area contributed by atoms with Gasteiger partial charge in [0, 0.05) is 12.6 Å². The number of nitrogens with one attached hydrogen (secondary N) is 1. The average molecular weight is 211 g/mol. The summed E-state index contributed by atoms with van der Waals surface area (Å²) in [4.78, 5) is 22.0. The van der Waals surface area contributed by atoms with E-state index in [0.717, 1.165) is 6.26 Å². The molecule has 0 aliphatic heterocycles. The van der Waals surface area contributed by atoms with Gasteiger partial charge < -0.3 is 14.8 Å². The maximum absolute atomic E-state index is 11.4. The molecule has 0 saturated heterocycles. The van der Waals surface area contributed by atoms with Gasteiger partial charge >= 0.3 is 5.63 Å². The molecule has 0 saturated carbocycles. The van der Waals surface area contributed by atoms with Crippen LogP contribution in [0.1, 0.15) is 23.7 Å².